The number of carbonyl (C=O) groups excluding carboxylic acids is 2. The van der Waals surface area contributed by atoms with Crippen molar-refractivity contribution in [3.8, 4) is 5.75 Å². The number of aryl methyl sites for hydroxylation is 1. The van der Waals surface area contributed by atoms with Crippen LogP contribution < -0.4 is 14.4 Å². The second-order valence-corrected chi connectivity index (χ2v) is 12.1. The van der Waals surface area contributed by atoms with Gasteiger partial charge in [-0.3, -0.25) is 13.9 Å². The van der Waals surface area contributed by atoms with E-state index in [0.29, 0.717) is 17.2 Å². The summed E-state index contributed by atoms with van der Waals surface area (Å²) in [4.78, 5) is 28.7. The molecule has 40 heavy (non-hydrogen) atoms. The van der Waals surface area contributed by atoms with Gasteiger partial charge in [0.2, 0.25) is 11.8 Å². The van der Waals surface area contributed by atoms with Crippen LogP contribution in [0, 0.1) is 6.92 Å². The van der Waals surface area contributed by atoms with Gasteiger partial charge in [-0.15, -0.1) is 0 Å². The molecule has 3 aromatic rings. The second-order valence-electron chi connectivity index (χ2n) is 9.77. The summed E-state index contributed by atoms with van der Waals surface area (Å²) in [6.45, 7) is 6.90. The summed E-state index contributed by atoms with van der Waals surface area (Å²) in [6.07, 6.45) is 0.330. The minimum absolute atomic E-state index is 0.0369. The molecule has 1 N–H and O–H groups in total. The van der Waals surface area contributed by atoms with Crippen LogP contribution in [-0.4, -0.2) is 50.9 Å². The number of nitrogens with one attached hydrogen (secondary N) is 1. The molecule has 3 aromatic carbocycles. The molecule has 214 valence electrons. The summed E-state index contributed by atoms with van der Waals surface area (Å²) in [5.74, 6) is -0.249. The number of benzene rings is 3. The normalized spacial score (nSPS) is 12.1. The molecule has 0 bridgehead atoms. The summed E-state index contributed by atoms with van der Waals surface area (Å²) in [5.41, 5.74) is 1.87. The Kier molecular flexibility index (Phi) is 10.6. The number of anilines is 1. The summed E-state index contributed by atoms with van der Waals surface area (Å²) in [5, 5.41) is 3.21. The average Bonchev–Trinajstić information content (AvgIpc) is 2.91. The van der Waals surface area contributed by atoms with Crippen LogP contribution in [0.3, 0.4) is 0 Å². The Balaban J connectivity index is 2.07. The third-order valence-electron chi connectivity index (χ3n) is 6.29. The Morgan fingerprint density at radius 2 is 1.68 bits per heavy atom. The summed E-state index contributed by atoms with van der Waals surface area (Å²) >= 11 is 6.22. The van der Waals surface area contributed by atoms with E-state index in [9.17, 15) is 18.0 Å². The van der Waals surface area contributed by atoms with Crippen molar-refractivity contribution >= 4 is 39.1 Å². The maximum Gasteiger partial charge on any atom is 0.264 e. The third kappa shape index (κ3) is 7.76. The van der Waals surface area contributed by atoms with Crippen LogP contribution in [0.5, 0.6) is 5.75 Å². The van der Waals surface area contributed by atoms with Crippen molar-refractivity contribution in [1.29, 1.82) is 0 Å². The van der Waals surface area contributed by atoms with Crippen molar-refractivity contribution in [3.63, 3.8) is 0 Å². The molecule has 0 aliphatic rings. The fourth-order valence-corrected chi connectivity index (χ4v) is 5.86. The molecule has 0 heterocycles. The number of halogens is 1. The van der Waals surface area contributed by atoms with E-state index < -0.39 is 28.5 Å². The largest absolute Gasteiger partial charge is 0.497 e. The van der Waals surface area contributed by atoms with Gasteiger partial charge in [0.25, 0.3) is 10.0 Å². The molecule has 0 saturated carbocycles. The van der Waals surface area contributed by atoms with E-state index in [4.69, 9.17) is 16.3 Å². The van der Waals surface area contributed by atoms with Gasteiger partial charge in [-0.2, -0.15) is 0 Å². The summed E-state index contributed by atoms with van der Waals surface area (Å²) in [7, 11) is -2.62. The molecule has 0 aliphatic heterocycles. The first-order valence-corrected chi connectivity index (χ1v) is 14.9. The quantitative estimate of drug-likeness (QED) is 0.316. The number of methoxy groups -OCH3 is 1. The van der Waals surface area contributed by atoms with Crippen molar-refractivity contribution in [2.24, 2.45) is 0 Å². The minimum atomic E-state index is -4.16. The molecule has 0 radical (unpaired) electrons. The Labute approximate surface area is 241 Å². The number of carbonyl (C=O) groups is 2. The van der Waals surface area contributed by atoms with E-state index in [0.717, 1.165) is 15.4 Å². The van der Waals surface area contributed by atoms with Gasteiger partial charge in [0.05, 0.1) is 17.7 Å². The molecular weight excluding hydrogens is 550 g/mol. The molecule has 2 amide bonds. The number of hydrogen-bond acceptors (Lipinski definition) is 5. The van der Waals surface area contributed by atoms with E-state index in [2.05, 4.69) is 5.32 Å². The van der Waals surface area contributed by atoms with Gasteiger partial charge in [0, 0.05) is 17.6 Å². The number of hydrogen-bond donors (Lipinski definition) is 1. The number of nitrogens with zero attached hydrogens (tertiary/aromatic N) is 2. The molecule has 0 spiro atoms. The van der Waals surface area contributed by atoms with Crippen molar-refractivity contribution in [2.45, 2.75) is 57.6 Å². The third-order valence-corrected chi connectivity index (χ3v) is 8.31. The van der Waals surface area contributed by atoms with E-state index in [1.165, 1.54) is 23.1 Å². The smallest absolute Gasteiger partial charge is 0.264 e. The first-order valence-electron chi connectivity index (χ1n) is 13.0. The molecule has 0 fully saturated rings. The van der Waals surface area contributed by atoms with Gasteiger partial charge < -0.3 is 15.0 Å². The molecule has 0 aliphatic carbocycles. The molecule has 10 heteroatoms. The van der Waals surface area contributed by atoms with Crippen LogP contribution in [0.2, 0.25) is 5.02 Å². The second kappa shape index (κ2) is 13.7. The van der Waals surface area contributed by atoms with E-state index in [1.807, 2.05) is 33.8 Å². The highest BCUT2D eigenvalue weighted by atomic mass is 35.5. The van der Waals surface area contributed by atoms with Crippen molar-refractivity contribution in [1.82, 2.24) is 10.2 Å². The number of sulfonamides is 1. The zero-order chi connectivity index (χ0) is 29.4. The lowest BCUT2D eigenvalue weighted by Gasteiger charge is -2.33. The van der Waals surface area contributed by atoms with Crippen LogP contribution in [0.1, 0.15) is 38.3 Å². The lowest BCUT2D eigenvalue weighted by Crippen LogP contribution is -2.53. The Morgan fingerprint density at radius 1 is 1.00 bits per heavy atom. The Morgan fingerprint density at radius 3 is 2.27 bits per heavy atom. The molecule has 3 rings (SSSR count). The SMILES string of the molecule is CC[C@H](C(=O)NC(C)C)N(Cc1cccc(OC)c1)C(=O)CN(c1cccc(Cl)c1)S(=O)(=O)c1ccc(C)cc1. The van der Waals surface area contributed by atoms with Gasteiger partial charge in [0.1, 0.15) is 18.3 Å². The summed E-state index contributed by atoms with van der Waals surface area (Å²) in [6, 6.07) is 19.0. The standard InChI is InChI=1S/C30H36ClN3O5S/c1-6-28(30(36)32-21(2)3)33(19-23-9-7-12-26(17-23)39-5)29(35)20-34(25-11-8-10-24(31)18-25)40(37,38)27-15-13-22(4)14-16-27/h7-18,21,28H,6,19-20H2,1-5H3,(H,32,36)/t28-/m1/s1. The van der Waals surface area contributed by atoms with Crippen LogP contribution in [0.25, 0.3) is 0 Å². The van der Waals surface area contributed by atoms with E-state index in [1.54, 1.807) is 55.6 Å². The molecule has 0 unspecified atom stereocenters. The fraction of sp³-hybridized carbons (Fsp3) is 0.333. The van der Waals surface area contributed by atoms with Crippen molar-refractivity contribution in [3.05, 3.63) is 88.9 Å². The highest BCUT2D eigenvalue weighted by Gasteiger charge is 2.34. The summed E-state index contributed by atoms with van der Waals surface area (Å²) < 4.78 is 34.2. The van der Waals surface area contributed by atoms with Crippen LogP contribution in [0.4, 0.5) is 5.69 Å². The minimum Gasteiger partial charge on any atom is -0.497 e. The van der Waals surface area contributed by atoms with E-state index in [-0.39, 0.29) is 29.1 Å². The van der Waals surface area contributed by atoms with Gasteiger partial charge >= 0.3 is 0 Å². The van der Waals surface area contributed by atoms with Crippen molar-refractivity contribution in [2.75, 3.05) is 18.0 Å². The van der Waals surface area contributed by atoms with Crippen molar-refractivity contribution < 1.29 is 22.7 Å². The fourth-order valence-electron chi connectivity index (χ4n) is 4.27. The maximum absolute atomic E-state index is 14.1. The molecule has 1 atom stereocenters. The maximum atomic E-state index is 14.1. The number of rotatable bonds is 12. The monoisotopic (exact) mass is 585 g/mol. The van der Waals surface area contributed by atoms with Crippen LogP contribution in [-0.2, 0) is 26.2 Å². The van der Waals surface area contributed by atoms with Gasteiger partial charge in [-0.1, -0.05) is 54.4 Å². The molecule has 0 aromatic heterocycles. The highest BCUT2D eigenvalue weighted by molar-refractivity contribution is 7.92. The molecule has 0 saturated heterocycles. The first kappa shape index (κ1) is 31.0. The lowest BCUT2D eigenvalue weighted by molar-refractivity contribution is -0.140. The number of ether oxygens (including phenoxy) is 1. The van der Waals surface area contributed by atoms with Gasteiger partial charge in [0.15, 0.2) is 0 Å². The topological polar surface area (TPSA) is 96.0 Å². The Bertz CT molecular complexity index is 1430. The molecule has 8 nitrogen and oxygen atoms in total. The zero-order valence-corrected chi connectivity index (χ0v) is 25.0. The van der Waals surface area contributed by atoms with Gasteiger partial charge in [-0.25, -0.2) is 8.42 Å². The Hall–Kier alpha value is -3.56. The average molecular weight is 586 g/mol. The van der Waals surface area contributed by atoms with Crippen LogP contribution >= 0.6 is 11.6 Å². The van der Waals surface area contributed by atoms with Crippen LogP contribution in [0.15, 0.2) is 77.7 Å². The number of amides is 2. The molecular formula is C30H36ClN3O5S. The van der Waals surface area contributed by atoms with E-state index >= 15 is 0 Å². The predicted octanol–water partition coefficient (Wildman–Crippen LogP) is 5.18. The lowest BCUT2D eigenvalue weighted by atomic mass is 10.1. The zero-order valence-electron chi connectivity index (χ0n) is 23.4. The predicted molar refractivity (Wildman–Crippen MR) is 158 cm³/mol. The van der Waals surface area contributed by atoms with Gasteiger partial charge in [-0.05, 0) is 75.2 Å². The highest BCUT2D eigenvalue weighted by Crippen LogP contribution is 2.27. The first-order chi connectivity index (χ1) is 19.0.